The minimum atomic E-state index is -0.563. The van der Waals surface area contributed by atoms with Gasteiger partial charge in [0, 0.05) is 41.7 Å². The van der Waals surface area contributed by atoms with Crippen molar-refractivity contribution in [2.45, 2.75) is 43.6 Å². The summed E-state index contributed by atoms with van der Waals surface area (Å²) in [6, 6.07) is 16.4. The second kappa shape index (κ2) is 11.0. The first-order chi connectivity index (χ1) is 18.1. The Bertz CT molecular complexity index is 1270. The van der Waals surface area contributed by atoms with Crippen molar-refractivity contribution in [2.75, 3.05) is 19.0 Å². The van der Waals surface area contributed by atoms with Crippen LogP contribution in [0.4, 0.5) is 5.69 Å². The van der Waals surface area contributed by atoms with Gasteiger partial charge < -0.3 is 30.0 Å². The van der Waals surface area contributed by atoms with Gasteiger partial charge in [0.1, 0.15) is 23.7 Å². The predicted molar refractivity (Wildman–Crippen MR) is 136 cm³/mol. The van der Waals surface area contributed by atoms with Gasteiger partial charge in [0.25, 0.3) is 5.91 Å². The molecule has 0 spiro atoms. The number of fused-ring (bicyclic) bond motifs is 3. The van der Waals surface area contributed by atoms with Gasteiger partial charge in [-0.3, -0.25) is 14.6 Å². The summed E-state index contributed by atoms with van der Waals surface area (Å²) in [6.45, 7) is 0.121. The smallest absolute Gasteiger partial charge is 0.257 e. The highest BCUT2D eigenvalue weighted by Gasteiger charge is 2.46. The van der Waals surface area contributed by atoms with Crippen LogP contribution in [0.2, 0.25) is 0 Å². The normalized spacial score (nSPS) is 21.8. The molecule has 9 nitrogen and oxygen atoms in total. The lowest BCUT2D eigenvalue weighted by molar-refractivity contribution is -0.142. The maximum Gasteiger partial charge on any atom is 0.257 e. The second-order valence-corrected chi connectivity index (χ2v) is 9.14. The molecule has 2 aliphatic heterocycles. The number of nitrogens with one attached hydrogen (secondary N) is 2. The van der Waals surface area contributed by atoms with Gasteiger partial charge in [-0.25, -0.2) is 0 Å². The van der Waals surface area contributed by atoms with Crippen molar-refractivity contribution in [1.82, 2.24) is 10.3 Å². The second-order valence-electron chi connectivity index (χ2n) is 9.14. The van der Waals surface area contributed by atoms with E-state index in [1.54, 1.807) is 31.5 Å². The molecule has 2 amide bonds. The number of aliphatic hydroxyl groups is 1. The Balaban J connectivity index is 1.26. The fraction of sp³-hybridized carbons (Fsp3) is 0.321. The lowest BCUT2D eigenvalue weighted by Crippen LogP contribution is -2.47. The van der Waals surface area contributed by atoms with E-state index in [1.807, 2.05) is 36.4 Å². The number of benzene rings is 2. The number of hydrogen-bond donors (Lipinski definition) is 3. The zero-order valence-corrected chi connectivity index (χ0v) is 20.4. The molecule has 3 aromatic rings. The van der Waals surface area contributed by atoms with Crippen molar-refractivity contribution in [1.29, 1.82) is 0 Å². The summed E-state index contributed by atoms with van der Waals surface area (Å²) in [5.41, 5.74) is 2.91. The molecule has 192 valence electrons. The Hall–Kier alpha value is -3.95. The maximum absolute atomic E-state index is 12.7. The van der Waals surface area contributed by atoms with Gasteiger partial charge in [0.2, 0.25) is 5.91 Å². The van der Waals surface area contributed by atoms with Crippen LogP contribution in [0.15, 0.2) is 67.0 Å². The minimum absolute atomic E-state index is 0.0804. The molecule has 5 rings (SSSR count). The van der Waals surface area contributed by atoms with Crippen LogP contribution in [0.5, 0.6) is 11.5 Å². The fourth-order valence-corrected chi connectivity index (χ4v) is 4.99. The van der Waals surface area contributed by atoms with E-state index >= 15 is 0 Å². The van der Waals surface area contributed by atoms with Gasteiger partial charge in [-0.2, -0.15) is 0 Å². The molecular formula is C28H29N3O6. The van der Waals surface area contributed by atoms with Crippen LogP contribution in [0.3, 0.4) is 0 Å². The highest BCUT2D eigenvalue weighted by molar-refractivity contribution is 6.04. The summed E-state index contributed by atoms with van der Waals surface area (Å²) in [5.74, 6) is 0.919. The molecule has 9 heteroatoms. The monoisotopic (exact) mass is 503 g/mol. The number of hydrogen-bond acceptors (Lipinski definition) is 7. The highest BCUT2D eigenvalue weighted by atomic mass is 16.6. The van der Waals surface area contributed by atoms with Crippen molar-refractivity contribution in [2.24, 2.45) is 0 Å². The summed E-state index contributed by atoms with van der Waals surface area (Å²) in [6.07, 6.45) is 2.51. The number of methoxy groups -OCH3 is 1. The van der Waals surface area contributed by atoms with Crippen LogP contribution in [-0.2, 0) is 16.1 Å². The number of anilines is 1. The molecule has 0 radical (unpaired) electrons. The third-order valence-electron chi connectivity index (χ3n) is 6.76. The third kappa shape index (κ3) is 5.42. The van der Waals surface area contributed by atoms with Crippen LogP contribution in [0, 0.1) is 0 Å². The van der Waals surface area contributed by atoms with Gasteiger partial charge in [-0.1, -0.05) is 18.2 Å². The first-order valence-corrected chi connectivity index (χ1v) is 12.2. The van der Waals surface area contributed by atoms with Crippen molar-refractivity contribution in [3.8, 4) is 11.5 Å². The molecule has 3 N–H and O–H groups in total. The molecule has 2 aliphatic rings. The number of rotatable bonds is 8. The van der Waals surface area contributed by atoms with E-state index < -0.39 is 6.10 Å². The van der Waals surface area contributed by atoms with Crippen LogP contribution in [0.1, 0.15) is 40.2 Å². The molecule has 1 saturated heterocycles. The van der Waals surface area contributed by atoms with Crippen molar-refractivity contribution >= 4 is 17.5 Å². The average molecular weight is 504 g/mol. The van der Waals surface area contributed by atoms with E-state index in [9.17, 15) is 14.7 Å². The first kappa shape index (κ1) is 24.7. The number of ether oxygens (including phenoxy) is 3. The summed E-state index contributed by atoms with van der Waals surface area (Å²) >= 11 is 0. The van der Waals surface area contributed by atoms with E-state index in [2.05, 4.69) is 15.6 Å². The molecule has 0 aliphatic carbocycles. The van der Waals surface area contributed by atoms with Gasteiger partial charge in [0.05, 0.1) is 31.8 Å². The number of amides is 2. The van der Waals surface area contributed by atoms with Crippen molar-refractivity contribution in [3.63, 3.8) is 0 Å². The van der Waals surface area contributed by atoms with E-state index in [0.717, 1.165) is 11.1 Å². The average Bonchev–Trinajstić information content (AvgIpc) is 3.30. The lowest BCUT2D eigenvalue weighted by Gasteiger charge is -2.37. The van der Waals surface area contributed by atoms with E-state index in [1.165, 1.54) is 6.20 Å². The number of aromatic nitrogens is 1. The Labute approximate surface area is 214 Å². The number of aliphatic hydroxyl groups excluding tert-OH is 1. The molecule has 4 atom stereocenters. The zero-order valence-electron chi connectivity index (χ0n) is 20.4. The van der Waals surface area contributed by atoms with Crippen LogP contribution >= 0.6 is 0 Å². The zero-order chi connectivity index (χ0) is 25.8. The van der Waals surface area contributed by atoms with Crippen molar-refractivity contribution in [3.05, 3.63) is 83.7 Å². The van der Waals surface area contributed by atoms with Crippen molar-refractivity contribution < 1.29 is 28.9 Å². The van der Waals surface area contributed by atoms with E-state index in [-0.39, 0.29) is 43.0 Å². The number of carbonyl (C=O) groups excluding carboxylic acids is 2. The SMILES string of the molecule is COc1ccccc1CNC(=O)C[C@@H]1C[C@H]2c3cc(NC(=O)c4cccnc4)ccc3O[C@H]2[C@@H](CO)O1. The molecule has 0 bridgehead atoms. The number of carbonyl (C=O) groups is 2. The van der Waals surface area contributed by atoms with E-state index in [4.69, 9.17) is 14.2 Å². The molecule has 0 unspecified atom stereocenters. The number of para-hydroxylation sites is 1. The predicted octanol–water partition coefficient (Wildman–Crippen LogP) is 3.04. The first-order valence-electron chi connectivity index (χ1n) is 12.2. The largest absolute Gasteiger partial charge is 0.496 e. The van der Waals surface area contributed by atoms with Crippen LogP contribution < -0.4 is 20.1 Å². The molecule has 2 aromatic carbocycles. The molecule has 1 aromatic heterocycles. The summed E-state index contributed by atoms with van der Waals surface area (Å²) in [5, 5.41) is 15.8. The van der Waals surface area contributed by atoms with Crippen LogP contribution in [0.25, 0.3) is 0 Å². The topological polar surface area (TPSA) is 119 Å². The molecule has 37 heavy (non-hydrogen) atoms. The molecule has 0 saturated carbocycles. The Morgan fingerprint density at radius 2 is 2.03 bits per heavy atom. The van der Waals surface area contributed by atoms with Crippen LogP contribution in [-0.4, -0.2) is 53.9 Å². The summed E-state index contributed by atoms with van der Waals surface area (Å²) < 4.78 is 17.5. The van der Waals surface area contributed by atoms with E-state index in [0.29, 0.717) is 35.7 Å². The lowest BCUT2D eigenvalue weighted by atomic mass is 9.84. The fourth-order valence-electron chi connectivity index (χ4n) is 4.99. The Kier molecular flexibility index (Phi) is 7.34. The Morgan fingerprint density at radius 1 is 1.16 bits per heavy atom. The molecule has 3 heterocycles. The standard InChI is InChI=1S/C28H29N3O6/c1-35-23-7-3-2-5-17(23)15-30-26(33)13-20-12-22-21-11-19(31-28(34)18-6-4-10-29-14-18)8-9-24(21)37-27(22)25(16-32)36-20/h2-11,14,20,22,25,27,32H,12-13,15-16H2,1H3,(H,30,33)(H,31,34)/t20-,22-,25+,27+/m0/s1. The third-order valence-corrected chi connectivity index (χ3v) is 6.76. The molecule has 1 fully saturated rings. The van der Waals surface area contributed by atoms with Gasteiger partial charge in [-0.15, -0.1) is 0 Å². The number of pyridine rings is 1. The Morgan fingerprint density at radius 3 is 2.81 bits per heavy atom. The van der Waals surface area contributed by atoms with Gasteiger partial charge in [0.15, 0.2) is 0 Å². The summed E-state index contributed by atoms with van der Waals surface area (Å²) in [4.78, 5) is 29.3. The minimum Gasteiger partial charge on any atom is -0.496 e. The highest BCUT2D eigenvalue weighted by Crippen LogP contribution is 2.47. The van der Waals surface area contributed by atoms with Gasteiger partial charge in [-0.05, 0) is 42.8 Å². The number of nitrogens with zero attached hydrogens (tertiary/aromatic N) is 1. The van der Waals surface area contributed by atoms with Gasteiger partial charge >= 0.3 is 0 Å². The molecular weight excluding hydrogens is 474 g/mol. The maximum atomic E-state index is 12.7. The quantitative estimate of drug-likeness (QED) is 0.432. The summed E-state index contributed by atoms with van der Waals surface area (Å²) in [7, 11) is 1.60.